The normalized spacial score (nSPS) is 15.5. The highest BCUT2D eigenvalue weighted by atomic mass is 16.2. The SMILES string of the molecule is O=C(NC1CCCCC1)c1n[nH]c2ccc(-c3cncnc3)cc12. The maximum Gasteiger partial charge on any atom is 0.272 e. The molecule has 6 heteroatoms. The Labute approximate surface area is 139 Å². The number of benzene rings is 1. The van der Waals surface area contributed by atoms with Gasteiger partial charge in [-0.1, -0.05) is 25.3 Å². The number of fused-ring (bicyclic) bond motifs is 1. The van der Waals surface area contributed by atoms with Crippen molar-refractivity contribution in [2.24, 2.45) is 0 Å². The van der Waals surface area contributed by atoms with Crippen LogP contribution in [0.15, 0.2) is 36.9 Å². The topological polar surface area (TPSA) is 83.6 Å². The molecule has 0 spiro atoms. The van der Waals surface area contributed by atoms with E-state index in [4.69, 9.17) is 0 Å². The number of carbonyl (C=O) groups is 1. The van der Waals surface area contributed by atoms with Gasteiger partial charge in [-0.05, 0) is 30.5 Å². The van der Waals surface area contributed by atoms with Gasteiger partial charge in [0.2, 0.25) is 0 Å². The summed E-state index contributed by atoms with van der Waals surface area (Å²) in [5.41, 5.74) is 3.19. The summed E-state index contributed by atoms with van der Waals surface area (Å²) in [5.74, 6) is -0.102. The number of nitrogens with zero attached hydrogens (tertiary/aromatic N) is 3. The first kappa shape index (κ1) is 14.8. The van der Waals surface area contributed by atoms with Gasteiger partial charge >= 0.3 is 0 Å². The summed E-state index contributed by atoms with van der Waals surface area (Å²) in [6.45, 7) is 0. The van der Waals surface area contributed by atoms with Crippen LogP contribution in [-0.2, 0) is 0 Å². The standard InChI is InChI=1S/C18H19N5O/c24-18(21-14-4-2-1-3-5-14)17-15-8-12(6-7-16(15)22-23-17)13-9-19-11-20-10-13/h6-11,14H,1-5H2,(H,21,24)(H,22,23). The van der Waals surface area contributed by atoms with Gasteiger partial charge < -0.3 is 5.32 Å². The van der Waals surface area contributed by atoms with Crippen molar-refractivity contribution < 1.29 is 4.79 Å². The van der Waals surface area contributed by atoms with Crippen molar-refractivity contribution in [2.75, 3.05) is 0 Å². The van der Waals surface area contributed by atoms with E-state index >= 15 is 0 Å². The van der Waals surface area contributed by atoms with Gasteiger partial charge in [-0.2, -0.15) is 5.10 Å². The summed E-state index contributed by atoms with van der Waals surface area (Å²) in [6.07, 6.45) is 10.8. The third-order valence-electron chi connectivity index (χ3n) is 4.61. The van der Waals surface area contributed by atoms with Crippen LogP contribution in [0.4, 0.5) is 0 Å². The van der Waals surface area contributed by atoms with Crippen LogP contribution in [0.25, 0.3) is 22.0 Å². The average Bonchev–Trinajstić information content (AvgIpc) is 3.06. The zero-order chi connectivity index (χ0) is 16.4. The number of rotatable bonds is 3. The van der Waals surface area contributed by atoms with Crippen molar-refractivity contribution in [3.8, 4) is 11.1 Å². The summed E-state index contributed by atoms with van der Waals surface area (Å²) in [6, 6.07) is 6.14. The van der Waals surface area contributed by atoms with Gasteiger partial charge in [0.1, 0.15) is 6.33 Å². The Morgan fingerprint density at radius 1 is 1.08 bits per heavy atom. The predicted molar refractivity (Wildman–Crippen MR) is 91.5 cm³/mol. The lowest BCUT2D eigenvalue weighted by Gasteiger charge is -2.22. The highest BCUT2D eigenvalue weighted by Gasteiger charge is 2.20. The molecule has 1 fully saturated rings. The summed E-state index contributed by atoms with van der Waals surface area (Å²) in [7, 11) is 0. The Hall–Kier alpha value is -2.76. The molecule has 0 saturated heterocycles. The van der Waals surface area contributed by atoms with E-state index in [1.165, 1.54) is 25.6 Å². The van der Waals surface area contributed by atoms with Gasteiger partial charge in [-0.3, -0.25) is 9.89 Å². The van der Waals surface area contributed by atoms with Crippen LogP contribution in [0.3, 0.4) is 0 Å². The van der Waals surface area contributed by atoms with Gasteiger partial charge in [-0.15, -0.1) is 0 Å². The summed E-state index contributed by atoms with van der Waals surface area (Å²) >= 11 is 0. The molecule has 6 nitrogen and oxygen atoms in total. The molecule has 2 aromatic heterocycles. The molecule has 1 aliphatic carbocycles. The van der Waals surface area contributed by atoms with E-state index in [1.54, 1.807) is 12.4 Å². The van der Waals surface area contributed by atoms with Crippen LogP contribution in [0.2, 0.25) is 0 Å². The lowest BCUT2D eigenvalue weighted by Crippen LogP contribution is -2.36. The first-order valence-electron chi connectivity index (χ1n) is 8.35. The molecule has 0 atom stereocenters. The molecule has 2 heterocycles. The lowest BCUT2D eigenvalue weighted by molar-refractivity contribution is 0.0924. The highest BCUT2D eigenvalue weighted by molar-refractivity contribution is 6.05. The molecule has 0 bridgehead atoms. The largest absolute Gasteiger partial charge is 0.348 e. The van der Waals surface area contributed by atoms with Crippen LogP contribution in [0.5, 0.6) is 0 Å². The first-order chi connectivity index (χ1) is 11.8. The highest BCUT2D eigenvalue weighted by Crippen LogP contribution is 2.25. The fraction of sp³-hybridized carbons (Fsp3) is 0.333. The summed E-state index contributed by atoms with van der Waals surface area (Å²) in [4.78, 5) is 20.7. The predicted octanol–water partition coefficient (Wildman–Crippen LogP) is 3.08. The van der Waals surface area contributed by atoms with Gasteiger partial charge in [0, 0.05) is 29.4 Å². The summed E-state index contributed by atoms with van der Waals surface area (Å²) < 4.78 is 0. The number of hydrogen-bond donors (Lipinski definition) is 2. The van der Waals surface area contributed by atoms with Crippen LogP contribution < -0.4 is 5.32 Å². The molecule has 122 valence electrons. The number of carbonyl (C=O) groups excluding carboxylic acids is 1. The molecule has 0 aliphatic heterocycles. The molecular weight excluding hydrogens is 302 g/mol. The second kappa shape index (κ2) is 6.39. The molecule has 1 saturated carbocycles. The summed E-state index contributed by atoms with van der Waals surface area (Å²) in [5, 5.41) is 11.1. The Bertz CT molecular complexity index is 852. The molecule has 3 aromatic rings. The zero-order valence-corrected chi connectivity index (χ0v) is 13.3. The van der Waals surface area contributed by atoms with E-state index in [2.05, 4.69) is 25.5 Å². The number of nitrogens with one attached hydrogen (secondary N) is 2. The third-order valence-corrected chi connectivity index (χ3v) is 4.61. The van der Waals surface area contributed by atoms with Crippen molar-refractivity contribution >= 4 is 16.8 Å². The molecule has 1 aromatic carbocycles. The molecule has 0 radical (unpaired) electrons. The minimum absolute atomic E-state index is 0.102. The first-order valence-corrected chi connectivity index (χ1v) is 8.35. The van der Waals surface area contributed by atoms with E-state index in [9.17, 15) is 4.79 Å². The lowest BCUT2D eigenvalue weighted by atomic mass is 9.95. The van der Waals surface area contributed by atoms with Gasteiger partial charge in [-0.25, -0.2) is 9.97 Å². The number of hydrogen-bond acceptors (Lipinski definition) is 4. The zero-order valence-electron chi connectivity index (χ0n) is 13.3. The number of aromatic amines is 1. The van der Waals surface area contributed by atoms with Crippen molar-refractivity contribution in [3.05, 3.63) is 42.6 Å². The average molecular weight is 321 g/mol. The number of H-pyrrole nitrogens is 1. The van der Waals surface area contributed by atoms with Gasteiger partial charge in [0.15, 0.2) is 5.69 Å². The van der Waals surface area contributed by atoms with Crippen molar-refractivity contribution in [1.82, 2.24) is 25.5 Å². The third kappa shape index (κ3) is 2.87. The smallest absolute Gasteiger partial charge is 0.272 e. The molecule has 2 N–H and O–H groups in total. The van der Waals surface area contributed by atoms with Gasteiger partial charge in [0.25, 0.3) is 5.91 Å². The second-order valence-corrected chi connectivity index (χ2v) is 6.27. The Morgan fingerprint density at radius 3 is 2.67 bits per heavy atom. The van der Waals surface area contributed by atoms with E-state index in [0.29, 0.717) is 5.69 Å². The Morgan fingerprint density at radius 2 is 1.88 bits per heavy atom. The minimum atomic E-state index is -0.102. The van der Waals surface area contributed by atoms with Crippen molar-refractivity contribution in [1.29, 1.82) is 0 Å². The molecular formula is C18H19N5O. The maximum atomic E-state index is 12.6. The minimum Gasteiger partial charge on any atom is -0.348 e. The van der Waals surface area contributed by atoms with Crippen LogP contribution in [0.1, 0.15) is 42.6 Å². The molecule has 24 heavy (non-hydrogen) atoms. The molecule has 4 rings (SSSR count). The molecule has 1 aliphatic rings. The second-order valence-electron chi connectivity index (χ2n) is 6.27. The number of amides is 1. The Balaban J connectivity index is 1.64. The van der Waals surface area contributed by atoms with E-state index < -0.39 is 0 Å². The fourth-order valence-corrected chi connectivity index (χ4v) is 3.32. The maximum absolute atomic E-state index is 12.6. The van der Waals surface area contributed by atoms with Crippen molar-refractivity contribution in [2.45, 2.75) is 38.1 Å². The molecule has 0 unspecified atom stereocenters. The molecule has 1 amide bonds. The van der Waals surface area contributed by atoms with E-state index in [0.717, 1.165) is 34.9 Å². The quantitative estimate of drug-likeness (QED) is 0.776. The Kier molecular flexibility index (Phi) is 3.94. The van der Waals surface area contributed by atoms with E-state index in [1.807, 2.05) is 18.2 Å². The van der Waals surface area contributed by atoms with Gasteiger partial charge in [0.05, 0.1) is 5.52 Å². The van der Waals surface area contributed by atoms with Crippen molar-refractivity contribution in [3.63, 3.8) is 0 Å². The van der Waals surface area contributed by atoms with Crippen LogP contribution in [-0.4, -0.2) is 32.1 Å². The fourth-order valence-electron chi connectivity index (χ4n) is 3.32. The van der Waals surface area contributed by atoms with Crippen LogP contribution in [0, 0.1) is 0 Å². The number of aromatic nitrogens is 4. The monoisotopic (exact) mass is 321 g/mol. The van der Waals surface area contributed by atoms with Crippen LogP contribution >= 0.6 is 0 Å². The van der Waals surface area contributed by atoms with E-state index in [-0.39, 0.29) is 11.9 Å².